The van der Waals surface area contributed by atoms with E-state index in [-0.39, 0.29) is 6.42 Å². The van der Waals surface area contributed by atoms with Crippen molar-refractivity contribution in [3.63, 3.8) is 0 Å². The molecule has 0 aliphatic heterocycles. The monoisotopic (exact) mass is 358 g/mol. The predicted octanol–water partition coefficient (Wildman–Crippen LogP) is 2.45. The van der Waals surface area contributed by atoms with Gasteiger partial charge in [-0.2, -0.15) is 0 Å². The van der Waals surface area contributed by atoms with Gasteiger partial charge in [0.1, 0.15) is 16.2 Å². The normalized spacial score (nSPS) is 12.4. The molecule has 1 aromatic rings. The Kier molecular flexibility index (Phi) is 6.14. The number of nitrogens with one attached hydrogen (secondary N) is 1. The summed E-state index contributed by atoms with van der Waals surface area (Å²) in [6.07, 6.45) is -0.460. The Morgan fingerprint density at radius 2 is 2.05 bits per heavy atom. The molecule has 0 unspecified atom stereocenters. The highest BCUT2D eigenvalue weighted by Crippen LogP contribution is 2.10. The number of ether oxygens (including phenoxy) is 2. The van der Waals surface area contributed by atoms with Gasteiger partial charge in [0.05, 0.1) is 7.11 Å². The molecule has 0 radical (unpaired) electrons. The SMILES string of the molecule is COC(=O)[C@@H](Cc1cccc(Br)n1)NC(=O)OC(C)(C)C. The minimum atomic E-state index is -0.855. The van der Waals surface area contributed by atoms with Crippen molar-refractivity contribution in [2.24, 2.45) is 0 Å². The number of esters is 1. The fourth-order valence-electron chi connectivity index (χ4n) is 1.56. The van der Waals surface area contributed by atoms with Gasteiger partial charge in [0.2, 0.25) is 0 Å². The summed E-state index contributed by atoms with van der Waals surface area (Å²) in [5.41, 5.74) is 0.00882. The van der Waals surface area contributed by atoms with Crippen molar-refractivity contribution < 1.29 is 19.1 Å². The molecule has 0 saturated heterocycles. The van der Waals surface area contributed by atoms with Crippen LogP contribution in [0.1, 0.15) is 26.5 Å². The second kappa shape index (κ2) is 7.40. The maximum absolute atomic E-state index is 11.8. The van der Waals surface area contributed by atoms with Crippen LogP contribution >= 0.6 is 15.9 Å². The molecule has 1 aromatic heterocycles. The van der Waals surface area contributed by atoms with Crippen LogP contribution in [0, 0.1) is 0 Å². The lowest BCUT2D eigenvalue weighted by Crippen LogP contribution is -2.45. The summed E-state index contributed by atoms with van der Waals surface area (Å²) in [6.45, 7) is 5.24. The fraction of sp³-hybridized carbons (Fsp3) is 0.500. The largest absolute Gasteiger partial charge is 0.467 e. The number of hydrogen-bond acceptors (Lipinski definition) is 5. The Morgan fingerprint density at radius 1 is 1.38 bits per heavy atom. The van der Waals surface area contributed by atoms with Crippen molar-refractivity contribution in [1.29, 1.82) is 0 Å². The maximum Gasteiger partial charge on any atom is 0.408 e. The molecule has 1 atom stereocenters. The van der Waals surface area contributed by atoms with Crippen molar-refractivity contribution in [2.75, 3.05) is 7.11 Å². The van der Waals surface area contributed by atoms with E-state index in [0.717, 1.165) is 0 Å². The number of aromatic nitrogens is 1. The van der Waals surface area contributed by atoms with Crippen LogP contribution in [0.4, 0.5) is 4.79 Å². The standard InChI is InChI=1S/C14H19BrN2O4/c1-14(2,3)21-13(19)17-10(12(18)20-4)8-9-6-5-7-11(15)16-9/h5-7,10H,8H2,1-4H3,(H,17,19)/t10-/m1/s1. The number of amides is 1. The minimum Gasteiger partial charge on any atom is -0.467 e. The molecule has 0 bridgehead atoms. The first-order valence-corrected chi connectivity index (χ1v) is 7.19. The molecule has 0 fully saturated rings. The van der Waals surface area contributed by atoms with Gasteiger partial charge in [0.15, 0.2) is 0 Å². The summed E-state index contributed by atoms with van der Waals surface area (Å²) < 4.78 is 10.5. The summed E-state index contributed by atoms with van der Waals surface area (Å²) in [5.74, 6) is -0.553. The quantitative estimate of drug-likeness (QED) is 0.660. The average Bonchev–Trinajstić information content (AvgIpc) is 2.34. The molecule has 0 aliphatic carbocycles. The Balaban J connectivity index is 2.77. The van der Waals surface area contributed by atoms with E-state index in [4.69, 9.17) is 9.47 Å². The van der Waals surface area contributed by atoms with Crippen LogP contribution in [0.25, 0.3) is 0 Å². The number of pyridine rings is 1. The van der Waals surface area contributed by atoms with Crippen LogP contribution in [-0.4, -0.2) is 35.8 Å². The highest BCUT2D eigenvalue weighted by molar-refractivity contribution is 9.10. The number of halogens is 1. The summed E-state index contributed by atoms with van der Waals surface area (Å²) >= 11 is 3.26. The van der Waals surface area contributed by atoms with E-state index in [2.05, 4.69) is 26.2 Å². The van der Waals surface area contributed by atoms with E-state index in [1.807, 2.05) is 0 Å². The summed E-state index contributed by atoms with van der Waals surface area (Å²) in [6, 6.07) is 4.48. The maximum atomic E-state index is 11.8. The van der Waals surface area contributed by atoms with Crippen LogP contribution in [-0.2, 0) is 20.7 Å². The van der Waals surface area contributed by atoms with Gasteiger partial charge >= 0.3 is 12.1 Å². The Labute approximate surface area is 132 Å². The third-order valence-electron chi connectivity index (χ3n) is 2.36. The van der Waals surface area contributed by atoms with Crippen LogP contribution in [0.15, 0.2) is 22.8 Å². The van der Waals surface area contributed by atoms with Gasteiger partial charge in [0.25, 0.3) is 0 Å². The average molecular weight is 359 g/mol. The van der Waals surface area contributed by atoms with Gasteiger partial charge in [0, 0.05) is 12.1 Å². The third kappa shape index (κ3) is 6.57. The van der Waals surface area contributed by atoms with E-state index in [9.17, 15) is 9.59 Å². The van der Waals surface area contributed by atoms with Gasteiger partial charge < -0.3 is 14.8 Å². The van der Waals surface area contributed by atoms with Crippen LogP contribution < -0.4 is 5.32 Å². The molecule has 1 N–H and O–H groups in total. The van der Waals surface area contributed by atoms with Crippen LogP contribution in [0.3, 0.4) is 0 Å². The van der Waals surface area contributed by atoms with Gasteiger partial charge in [-0.25, -0.2) is 14.6 Å². The van der Waals surface area contributed by atoms with E-state index in [0.29, 0.717) is 10.3 Å². The summed E-state index contributed by atoms with van der Waals surface area (Å²) in [4.78, 5) is 27.8. The highest BCUT2D eigenvalue weighted by atomic mass is 79.9. The molecule has 1 amide bonds. The summed E-state index contributed by atoms with van der Waals surface area (Å²) in [5, 5.41) is 2.50. The zero-order valence-electron chi connectivity index (χ0n) is 12.5. The van der Waals surface area contributed by atoms with E-state index in [1.165, 1.54) is 7.11 Å². The Hall–Kier alpha value is -1.63. The lowest BCUT2D eigenvalue weighted by molar-refractivity contribution is -0.143. The number of methoxy groups -OCH3 is 1. The number of rotatable bonds is 4. The second-order valence-electron chi connectivity index (χ2n) is 5.38. The molecule has 7 heteroatoms. The van der Waals surface area contributed by atoms with E-state index < -0.39 is 23.7 Å². The van der Waals surface area contributed by atoms with Gasteiger partial charge in [-0.1, -0.05) is 6.07 Å². The predicted molar refractivity (Wildman–Crippen MR) is 80.8 cm³/mol. The zero-order valence-corrected chi connectivity index (χ0v) is 14.1. The third-order valence-corrected chi connectivity index (χ3v) is 2.80. The number of hydrogen-bond donors (Lipinski definition) is 1. The lowest BCUT2D eigenvalue weighted by atomic mass is 10.1. The highest BCUT2D eigenvalue weighted by Gasteiger charge is 2.25. The van der Waals surface area contributed by atoms with Crippen LogP contribution in [0.2, 0.25) is 0 Å². The van der Waals surface area contributed by atoms with Gasteiger partial charge in [-0.15, -0.1) is 0 Å². The molecular formula is C14H19BrN2O4. The Bertz CT molecular complexity index is 514. The Morgan fingerprint density at radius 3 is 2.57 bits per heavy atom. The molecule has 116 valence electrons. The van der Waals surface area contributed by atoms with E-state index in [1.54, 1.807) is 39.0 Å². The van der Waals surface area contributed by atoms with Crippen molar-refractivity contribution in [3.05, 3.63) is 28.5 Å². The van der Waals surface area contributed by atoms with Crippen molar-refractivity contribution in [2.45, 2.75) is 38.8 Å². The van der Waals surface area contributed by atoms with Crippen molar-refractivity contribution in [3.8, 4) is 0 Å². The molecule has 0 saturated carbocycles. The number of carbonyl (C=O) groups is 2. The lowest BCUT2D eigenvalue weighted by Gasteiger charge is -2.22. The molecule has 0 aliphatic rings. The van der Waals surface area contributed by atoms with Gasteiger partial charge in [-0.05, 0) is 48.8 Å². The first kappa shape index (κ1) is 17.4. The molecule has 1 heterocycles. The second-order valence-corrected chi connectivity index (χ2v) is 6.19. The fourth-order valence-corrected chi connectivity index (χ4v) is 1.94. The van der Waals surface area contributed by atoms with Gasteiger partial charge in [-0.3, -0.25) is 0 Å². The number of alkyl carbamates (subject to hydrolysis) is 1. The molecule has 1 rings (SSSR count). The molecule has 0 spiro atoms. The first-order valence-electron chi connectivity index (χ1n) is 6.40. The smallest absolute Gasteiger partial charge is 0.408 e. The van der Waals surface area contributed by atoms with E-state index >= 15 is 0 Å². The topological polar surface area (TPSA) is 77.5 Å². The van der Waals surface area contributed by atoms with Crippen LogP contribution in [0.5, 0.6) is 0 Å². The van der Waals surface area contributed by atoms with Crippen molar-refractivity contribution >= 4 is 28.0 Å². The van der Waals surface area contributed by atoms with Crippen molar-refractivity contribution in [1.82, 2.24) is 10.3 Å². The number of nitrogens with zero attached hydrogens (tertiary/aromatic N) is 1. The molecule has 6 nitrogen and oxygen atoms in total. The first-order chi connectivity index (χ1) is 9.71. The molecule has 0 aromatic carbocycles. The summed E-state index contributed by atoms with van der Waals surface area (Å²) in [7, 11) is 1.26. The molecule has 21 heavy (non-hydrogen) atoms. The molecular weight excluding hydrogens is 340 g/mol. The zero-order chi connectivity index (χ0) is 16.0. The minimum absolute atomic E-state index is 0.214. The number of carbonyl (C=O) groups excluding carboxylic acids is 2.